The number of aromatic nitrogens is 1. The predicted octanol–water partition coefficient (Wildman–Crippen LogP) is 2.73. The van der Waals surface area contributed by atoms with Crippen molar-refractivity contribution < 1.29 is 9.47 Å². The molecular weight excluding hydrogens is 489 g/mol. The summed E-state index contributed by atoms with van der Waals surface area (Å²) in [6.07, 6.45) is 1.84. The Kier molecular flexibility index (Phi) is 9.26. The van der Waals surface area contributed by atoms with Crippen molar-refractivity contribution in [1.29, 1.82) is 0 Å². The zero-order valence-corrected chi connectivity index (χ0v) is 19.5. The van der Waals surface area contributed by atoms with Gasteiger partial charge in [0.05, 0.1) is 13.2 Å². The van der Waals surface area contributed by atoms with Gasteiger partial charge in [-0.15, -0.1) is 35.3 Å². The van der Waals surface area contributed by atoms with Crippen LogP contribution in [0.4, 0.5) is 5.13 Å². The predicted molar refractivity (Wildman–Crippen MR) is 125 cm³/mol. The normalized spacial score (nSPS) is 14.7. The van der Waals surface area contributed by atoms with E-state index in [1.54, 1.807) is 18.4 Å². The molecule has 154 valence electrons. The molecule has 9 heteroatoms. The van der Waals surface area contributed by atoms with Crippen LogP contribution in [0, 0.1) is 6.92 Å². The van der Waals surface area contributed by atoms with E-state index in [-0.39, 0.29) is 24.0 Å². The van der Waals surface area contributed by atoms with E-state index in [2.05, 4.69) is 31.9 Å². The maximum absolute atomic E-state index is 6.25. The minimum Gasteiger partial charge on any atom is -0.491 e. The van der Waals surface area contributed by atoms with Crippen molar-refractivity contribution in [3.8, 4) is 5.75 Å². The molecule has 0 saturated carbocycles. The van der Waals surface area contributed by atoms with Crippen LogP contribution >= 0.6 is 35.3 Å². The molecule has 0 atom stereocenters. The molecule has 0 unspecified atom stereocenters. The fraction of sp³-hybridized carbons (Fsp3) is 0.474. The van der Waals surface area contributed by atoms with Gasteiger partial charge >= 0.3 is 0 Å². The van der Waals surface area contributed by atoms with Crippen LogP contribution in [0.15, 0.2) is 34.8 Å². The van der Waals surface area contributed by atoms with Crippen LogP contribution in [0.25, 0.3) is 0 Å². The van der Waals surface area contributed by atoms with Gasteiger partial charge in [-0.05, 0) is 18.6 Å². The molecule has 3 rings (SSSR count). The largest absolute Gasteiger partial charge is 0.491 e. The number of hydrogen-bond acceptors (Lipinski definition) is 6. The molecule has 28 heavy (non-hydrogen) atoms. The summed E-state index contributed by atoms with van der Waals surface area (Å²) < 4.78 is 10.9. The number of aryl methyl sites for hydroxylation is 1. The number of nitrogens with two attached hydrogens (primary N) is 1. The average Bonchev–Trinajstić information content (AvgIpc) is 3.22. The second-order valence-corrected chi connectivity index (χ2v) is 7.29. The Labute approximate surface area is 187 Å². The fourth-order valence-corrected chi connectivity index (χ4v) is 3.62. The number of methoxy groups -OCH3 is 1. The maximum Gasteiger partial charge on any atom is 0.191 e. The molecule has 1 aliphatic rings. The molecular formula is C19H28IN5O2S. The highest BCUT2D eigenvalue weighted by Crippen LogP contribution is 2.22. The summed E-state index contributed by atoms with van der Waals surface area (Å²) >= 11 is 1.67. The lowest BCUT2D eigenvalue weighted by Crippen LogP contribution is -2.51. The molecule has 1 saturated heterocycles. The monoisotopic (exact) mass is 517 g/mol. The molecule has 2 aromatic rings. The number of benzene rings is 1. The summed E-state index contributed by atoms with van der Waals surface area (Å²) in [7, 11) is 1.67. The van der Waals surface area contributed by atoms with E-state index in [1.165, 1.54) is 0 Å². The molecule has 0 amide bonds. The third-order valence-corrected chi connectivity index (χ3v) is 5.30. The Bertz CT molecular complexity index is 749. The lowest BCUT2D eigenvalue weighted by atomic mass is 10.1. The number of halogens is 1. The molecule has 1 fully saturated rings. The number of hydrogen-bond donors (Lipinski definition) is 1. The fourth-order valence-electron chi connectivity index (χ4n) is 2.93. The van der Waals surface area contributed by atoms with Crippen LogP contribution in [-0.2, 0) is 11.3 Å². The lowest BCUT2D eigenvalue weighted by Gasteiger charge is -2.35. The van der Waals surface area contributed by atoms with Crippen molar-refractivity contribution in [3.05, 3.63) is 40.9 Å². The topological polar surface area (TPSA) is 76.2 Å². The third kappa shape index (κ3) is 6.21. The summed E-state index contributed by atoms with van der Waals surface area (Å²) in [5.41, 5.74) is 8.43. The summed E-state index contributed by atoms with van der Waals surface area (Å²) in [6.45, 7) is 7.12. The van der Waals surface area contributed by atoms with E-state index in [0.717, 1.165) is 48.2 Å². The van der Waals surface area contributed by atoms with Crippen LogP contribution in [0.5, 0.6) is 5.75 Å². The highest BCUT2D eigenvalue weighted by atomic mass is 127. The first-order valence-corrected chi connectivity index (χ1v) is 9.96. The summed E-state index contributed by atoms with van der Waals surface area (Å²) in [6, 6.07) is 6.15. The molecule has 1 aromatic carbocycles. The van der Waals surface area contributed by atoms with Gasteiger partial charge in [-0.1, -0.05) is 12.1 Å². The number of guanidine groups is 1. The first-order chi connectivity index (χ1) is 13.2. The Morgan fingerprint density at radius 2 is 2.04 bits per heavy atom. The number of piperazine rings is 1. The van der Waals surface area contributed by atoms with Crippen LogP contribution in [0.2, 0.25) is 0 Å². The first-order valence-electron chi connectivity index (χ1n) is 9.08. The molecule has 0 spiro atoms. The highest BCUT2D eigenvalue weighted by Gasteiger charge is 2.19. The Morgan fingerprint density at radius 1 is 1.25 bits per heavy atom. The number of anilines is 1. The van der Waals surface area contributed by atoms with Crippen LogP contribution in [-0.4, -0.2) is 62.3 Å². The van der Waals surface area contributed by atoms with E-state index in [0.29, 0.717) is 25.7 Å². The summed E-state index contributed by atoms with van der Waals surface area (Å²) in [4.78, 5) is 13.4. The quantitative estimate of drug-likeness (QED) is 0.264. The van der Waals surface area contributed by atoms with Crippen LogP contribution in [0.1, 0.15) is 11.1 Å². The maximum atomic E-state index is 6.25. The Balaban J connectivity index is 0.00000280. The molecule has 0 bridgehead atoms. The smallest absolute Gasteiger partial charge is 0.191 e. The number of nitrogens with zero attached hydrogens (tertiary/aromatic N) is 4. The summed E-state index contributed by atoms with van der Waals surface area (Å²) in [5, 5.41) is 3.08. The van der Waals surface area contributed by atoms with Gasteiger partial charge in [0, 0.05) is 50.4 Å². The standard InChI is InChI=1S/C19H27N5O2S.HI/c1-15-3-4-16(17(13-15)26-11-10-25-2)14-22-18(20)23-6-8-24(9-7-23)19-21-5-12-27-19;/h3-5,12-13H,6-11,14H2,1-2H3,(H2,20,22);1H. The molecule has 0 radical (unpaired) electrons. The van der Waals surface area contributed by atoms with Gasteiger partial charge in [-0.2, -0.15) is 0 Å². The number of aliphatic imine (C=N–C) groups is 1. The second kappa shape index (κ2) is 11.4. The van der Waals surface area contributed by atoms with E-state index >= 15 is 0 Å². The second-order valence-electron chi connectivity index (χ2n) is 6.42. The van der Waals surface area contributed by atoms with Crippen LogP contribution in [0.3, 0.4) is 0 Å². The number of rotatable bonds is 7. The van der Waals surface area contributed by atoms with E-state index in [1.807, 2.05) is 24.6 Å². The zero-order valence-electron chi connectivity index (χ0n) is 16.3. The Hall–Kier alpha value is -1.59. The van der Waals surface area contributed by atoms with Crippen molar-refractivity contribution in [1.82, 2.24) is 9.88 Å². The SMILES string of the molecule is COCCOc1cc(C)ccc1CN=C(N)N1CCN(c2nccs2)CC1.I. The van der Waals surface area contributed by atoms with Gasteiger partial charge in [0.2, 0.25) is 0 Å². The van der Waals surface area contributed by atoms with Crippen molar-refractivity contribution in [2.45, 2.75) is 13.5 Å². The van der Waals surface area contributed by atoms with Gasteiger partial charge in [-0.25, -0.2) is 9.98 Å². The third-order valence-electron chi connectivity index (χ3n) is 4.47. The van der Waals surface area contributed by atoms with Crippen molar-refractivity contribution in [2.24, 2.45) is 10.7 Å². The molecule has 0 aliphatic carbocycles. The van der Waals surface area contributed by atoms with Crippen molar-refractivity contribution in [2.75, 3.05) is 51.4 Å². The van der Waals surface area contributed by atoms with E-state index < -0.39 is 0 Å². The average molecular weight is 517 g/mol. The van der Waals surface area contributed by atoms with E-state index in [9.17, 15) is 0 Å². The number of ether oxygens (including phenoxy) is 2. The van der Waals surface area contributed by atoms with Gasteiger partial charge < -0.3 is 25.0 Å². The first kappa shape index (κ1) is 22.7. The van der Waals surface area contributed by atoms with Crippen molar-refractivity contribution in [3.63, 3.8) is 0 Å². The summed E-state index contributed by atoms with van der Waals surface area (Å²) in [5.74, 6) is 1.43. The van der Waals surface area contributed by atoms with Gasteiger partial charge in [-0.3, -0.25) is 0 Å². The van der Waals surface area contributed by atoms with Crippen molar-refractivity contribution >= 4 is 46.4 Å². The van der Waals surface area contributed by atoms with Crippen LogP contribution < -0.4 is 15.4 Å². The number of thiazole rings is 1. The lowest BCUT2D eigenvalue weighted by molar-refractivity contribution is 0.145. The zero-order chi connectivity index (χ0) is 19.1. The molecule has 1 aromatic heterocycles. The van der Waals surface area contributed by atoms with Gasteiger partial charge in [0.25, 0.3) is 0 Å². The molecule has 2 N–H and O–H groups in total. The molecule has 1 aliphatic heterocycles. The highest BCUT2D eigenvalue weighted by molar-refractivity contribution is 14.0. The van der Waals surface area contributed by atoms with Gasteiger partial charge in [0.1, 0.15) is 12.4 Å². The van der Waals surface area contributed by atoms with E-state index in [4.69, 9.17) is 15.2 Å². The Morgan fingerprint density at radius 3 is 2.71 bits per heavy atom. The van der Waals surface area contributed by atoms with Gasteiger partial charge in [0.15, 0.2) is 11.1 Å². The molecule has 7 nitrogen and oxygen atoms in total. The minimum absolute atomic E-state index is 0. The minimum atomic E-state index is 0. The molecule has 2 heterocycles.